The summed E-state index contributed by atoms with van der Waals surface area (Å²) < 4.78 is 10.4. The number of hydrogen-bond acceptors (Lipinski definition) is 5. The van der Waals surface area contributed by atoms with Crippen molar-refractivity contribution >= 4 is 5.91 Å². The van der Waals surface area contributed by atoms with Crippen LogP contribution in [0.4, 0.5) is 0 Å². The van der Waals surface area contributed by atoms with Gasteiger partial charge in [-0.3, -0.25) is 4.79 Å². The van der Waals surface area contributed by atoms with E-state index in [4.69, 9.17) is 9.47 Å². The highest BCUT2D eigenvalue weighted by molar-refractivity contribution is 5.76. The molecule has 0 saturated carbocycles. The van der Waals surface area contributed by atoms with Crippen molar-refractivity contribution in [2.45, 2.75) is 32.3 Å². The van der Waals surface area contributed by atoms with E-state index in [9.17, 15) is 9.90 Å². The monoisotopic (exact) mass is 350 g/mol. The Morgan fingerprint density at radius 3 is 2.40 bits per heavy atom. The number of hydrogen-bond donors (Lipinski definition) is 3. The predicted molar refractivity (Wildman–Crippen MR) is 96.9 cm³/mol. The Kier molecular flexibility index (Phi) is 7.52. The molecule has 1 fully saturated rings. The first-order valence-electron chi connectivity index (χ1n) is 8.92. The lowest BCUT2D eigenvalue weighted by Crippen LogP contribution is -2.34. The van der Waals surface area contributed by atoms with E-state index >= 15 is 0 Å². The first-order valence-corrected chi connectivity index (χ1v) is 8.92. The quantitative estimate of drug-likeness (QED) is 0.667. The summed E-state index contributed by atoms with van der Waals surface area (Å²) in [5, 5.41) is 16.5. The first kappa shape index (κ1) is 19.5. The molecule has 2 unspecified atom stereocenters. The number of rotatable bonds is 8. The Labute approximate surface area is 149 Å². The molecule has 6 nitrogen and oxygen atoms in total. The second-order valence-electron chi connectivity index (χ2n) is 6.73. The van der Waals surface area contributed by atoms with Crippen molar-refractivity contribution in [1.29, 1.82) is 0 Å². The van der Waals surface area contributed by atoms with Crippen LogP contribution in [0.5, 0.6) is 11.5 Å². The fourth-order valence-electron chi connectivity index (χ4n) is 3.29. The Morgan fingerprint density at radius 2 is 1.84 bits per heavy atom. The predicted octanol–water partition coefficient (Wildman–Crippen LogP) is 1.88. The molecule has 1 aliphatic heterocycles. The molecule has 1 amide bonds. The van der Waals surface area contributed by atoms with Crippen LogP contribution in [0.15, 0.2) is 18.2 Å². The molecule has 2 rings (SSSR count). The second kappa shape index (κ2) is 9.63. The van der Waals surface area contributed by atoms with Crippen LogP contribution in [0.3, 0.4) is 0 Å². The summed E-state index contributed by atoms with van der Waals surface area (Å²) in [4.78, 5) is 12.2. The van der Waals surface area contributed by atoms with E-state index in [0.29, 0.717) is 35.3 Å². The maximum atomic E-state index is 12.2. The van der Waals surface area contributed by atoms with E-state index < -0.39 is 6.10 Å². The average Bonchev–Trinajstić information content (AvgIpc) is 2.66. The van der Waals surface area contributed by atoms with Gasteiger partial charge >= 0.3 is 0 Å². The van der Waals surface area contributed by atoms with Gasteiger partial charge in [-0.15, -0.1) is 0 Å². The summed E-state index contributed by atoms with van der Waals surface area (Å²) >= 11 is 0. The number of ether oxygens (including phenoxy) is 2. The van der Waals surface area contributed by atoms with E-state index in [2.05, 4.69) is 17.6 Å². The Morgan fingerprint density at radius 1 is 1.24 bits per heavy atom. The third-order valence-corrected chi connectivity index (χ3v) is 4.95. The highest BCUT2D eigenvalue weighted by atomic mass is 16.5. The smallest absolute Gasteiger partial charge is 0.220 e. The van der Waals surface area contributed by atoms with Crippen molar-refractivity contribution in [3.05, 3.63) is 23.8 Å². The molecule has 2 atom stereocenters. The molecule has 0 aromatic heterocycles. The van der Waals surface area contributed by atoms with E-state index in [1.165, 1.54) is 0 Å². The fraction of sp³-hybridized carbons (Fsp3) is 0.632. The molecule has 6 heteroatoms. The van der Waals surface area contributed by atoms with E-state index in [-0.39, 0.29) is 12.5 Å². The SMILES string of the molecule is COc1cc(OC)cc(C(O)CNC(=O)CC(C)C2CCNCC2)c1. The fourth-order valence-corrected chi connectivity index (χ4v) is 3.29. The number of methoxy groups -OCH3 is 2. The average molecular weight is 350 g/mol. The maximum absolute atomic E-state index is 12.2. The molecular formula is C19H30N2O4. The molecular weight excluding hydrogens is 320 g/mol. The molecule has 1 heterocycles. The van der Waals surface area contributed by atoms with Crippen molar-refractivity contribution in [3.8, 4) is 11.5 Å². The van der Waals surface area contributed by atoms with E-state index in [0.717, 1.165) is 25.9 Å². The minimum absolute atomic E-state index is 0.0139. The molecule has 3 N–H and O–H groups in total. The van der Waals surface area contributed by atoms with Crippen LogP contribution >= 0.6 is 0 Å². The van der Waals surface area contributed by atoms with Gasteiger partial charge in [-0.05, 0) is 55.5 Å². The molecule has 0 radical (unpaired) electrons. The summed E-state index contributed by atoms with van der Waals surface area (Å²) in [6.45, 7) is 4.38. The van der Waals surface area contributed by atoms with Gasteiger partial charge in [0.1, 0.15) is 11.5 Å². The number of aliphatic hydroxyl groups excluding tert-OH is 1. The highest BCUT2D eigenvalue weighted by Gasteiger charge is 2.22. The molecule has 25 heavy (non-hydrogen) atoms. The van der Waals surface area contributed by atoms with Crippen LogP contribution in [-0.2, 0) is 4.79 Å². The Bertz CT molecular complexity index is 536. The number of amides is 1. The number of benzene rings is 1. The zero-order valence-corrected chi connectivity index (χ0v) is 15.4. The lowest BCUT2D eigenvalue weighted by atomic mass is 9.84. The number of carbonyl (C=O) groups excluding carboxylic acids is 1. The third kappa shape index (κ3) is 5.90. The summed E-state index contributed by atoms with van der Waals surface area (Å²) in [6, 6.07) is 5.24. The number of carbonyl (C=O) groups is 1. The van der Waals surface area contributed by atoms with Crippen molar-refractivity contribution in [2.24, 2.45) is 11.8 Å². The molecule has 0 spiro atoms. The lowest BCUT2D eigenvalue weighted by molar-refractivity contribution is -0.122. The van der Waals surface area contributed by atoms with Gasteiger partial charge in [-0.1, -0.05) is 6.92 Å². The van der Waals surface area contributed by atoms with E-state index in [1.807, 2.05) is 0 Å². The van der Waals surface area contributed by atoms with Crippen molar-refractivity contribution < 1.29 is 19.4 Å². The third-order valence-electron chi connectivity index (χ3n) is 4.95. The van der Waals surface area contributed by atoms with Crippen LogP contribution in [0, 0.1) is 11.8 Å². The van der Waals surface area contributed by atoms with Crippen molar-refractivity contribution in [3.63, 3.8) is 0 Å². The first-order chi connectivity index (χ1) is 12.0. The molecule has 0 aliphatic carbocycles. The molecule has 140 valence electrons. The van der Waals surface area contributed by atoms with Gasteiger partial charge in [-0.25, -0.2) is 0 Å². The normalized spacial score (nSPS) is 17.6. The largest absolute Gasteiger partial charge is 0.497 e. The molecule has 1 aromatic rings. The Balaban J connectivity index is 1.84. The number of aliphatic hydroxyl groups is 1. The number of nitrogens with one attached hydrogen (secondary N) is 2. The number of piperidine rings is 1. The molecule has 1 saturated heterocycles. The summed E-state index contributed by atoms with van der Waals surface area (Å²) in [5.41, 5.74) is 0.655. The van der Waals surface area contributed by atoms with Gasteiger partial charge in [0.25, 0.3) is 0 Å². The van der Waals surface area contributed by atoms with Crippen LogP contribution in [0.25, 0.3) is 0 Å². The van der Waals surface area contributed by atoms with Crippen molar-refractivity contribution in [2.75, 3.05) is 33.9 Å². The molecule has 1 aliphatic rings. The molecule has 1 aromatic carbocycles. The molecule has 0 bridgehead atoms. The topological polar surface area (TPSA) is 79.8 Å². The lowest BCUT2D eigenvalue weighted by Gasteiger charge is -2.28. The van der Waals surface area contributed by atoms with Gasteiger partial charge in [0.05, 0.1) is 20.3 Å². The van der Waals surface area contributed by atoms with Gasteiger partial charge in [0.2, 0.25) is 5.91 Å². The minimum atomic E-state index is -0.804. The highest BCUT2D eigenvalue weighted by Crippen LogP contribution is 2.27. The summed E-state index contributed by atoms with van der Waals surface area (Å²) in [7, 11) is 3.13. The standard InChI is InChI=1S/C19H30N2O4/c1-13(14-4-6-20-7-5-14)8-19(23)21-12-18(22)15-9-16(24-2)11-17(10-15)25-3/h9-11,13-14,18,20,22H,4-8,12H2,1-3H3,(H,21,23). The van der Waals surface area contributed by atoms with Crippen LogP contribution in [0.2, 0.25) is 0 Å². The Hall–Kier alpha value is -1.79. The van der Waals surface area contributed by atoms with E-state index in [1.54, 1.807) is 32.4 Å². The van der Waals surface area contributed by atoms with Crippen molar-refractivity contribution in [1.82, 2.24) is 10.6 Å². The van der Waals surface area contributed by atoms with Crippen LogP contribution in [0.1, 0.15) is 37.9 Å². The summed E-state index contributed by atoms with van der Waals surface area (Å²) in [5.74, 6) is 2.16. The van der Waals surface area contributed by atoms with Gasteiger partial charge in [0, 0.05) is 19.0 Å². The maximum Gasteiger partial charge on any atom is 0.220 e. The summed E-state index contributed by atoms with van der Waals surface area (Å²) in [6.07, 6.45) is 1.95. The second-order valence-corrected chi connectivity index (χ2v) is 6.73. The van der Waals surface area contributed by atoms with Crippen LogP contribution < -0.4 is 20.1 Å². The van der Waals surface area contributed by atoms with Crippen LogP contribution in [-0.4, -0.2) is 44.9 Å². The zero-order valence-electron chi connectivity index (χ0n) is 15.4. The zero-order chi connectivity index (χ0) is 18.2. The van der Waals surface area contributed by atoms with Gasteiger partial charge in [-0.2, -0.15) is 0 Å². The van der Waals surface area contributed by atoms with Gasteiger partial charge < -0.3 is 25.2 Å². The minimum Gasteiger partial charge on any atom is -0.497 e. The van der Waals surface area contributed by atoms with Gasteiger partial charge in [0.15, 0.2) is 0 Å².